The van der Waals surface area contributed by atoms with Crippen LogP contribution in [0.4, 0.5) is 5.69 Å². The fourth-order valence-electron chi connectivity index (χ4n) is 3.89. The number of aromatic nitrogens is 2. The topological polar surface area (TPSA) is 21.1 Å². The Labute approximate surface area is 161 Å². The fraction of sp³-hybridized carbons (Fsp3) is 0.0870. The third-order valence-corrected chi connectivity index (χ3v) is 9.93. The quantitative estimate of drug-likeness (QED) is 0.398. The van der Waals surface area contributed by atoms with Gasteiger partial charge in [-0.1, -0.05) is 91.0 Å². The minimum absolute atomic E-state index is 1.13. The Balaban J connectivity index is 2.06. The molecule has 0 saturated carbocycles. The molecule has 0 aliphatic heterocycles. The molecule has 0 unspecified atom stereocenters. The van der Waals surface area contributed by atoms with Gasteiger partial charge in [-0.3, -0.25) is 4.68 Å². The molecule has 0 atom stereocenters. The van der Waals surface area contributed by atoms with Crippen LogP contribution < -0.4 is 20.1 Å². The maximum absolute atomic E-state index is 4.43. The first kappa shape index (κ1) is 17.3. The number of hydrogen-bond donors (Lipinski definition) is 0. The first-order valence-electron chi connectivity index (χ1n) is 9.12. The molecule has 27 heavy (non-hydrogen) atoms. The SMILES string of the molecule is CN(c1cnn(C)c1)[Si](c1ccccc1)(c1ccccc1)c1ccccc1. The maximum Gasteiger partial charge on any atom is 0.253 e. The Morgan fingerprint density at radius 2 is 1.11 bits per heavy atom. The van der Waals surface area contributed by atoms with Gasteiger partial charge in [0.1, 0.15) is 0 Å². The van der Waals surface area contributed by atoms with Crippen molar-refractivity contribution in [3.8, 4) is 0 Å². The van der Waals surface area contributed by atoms with E-state index in [0.29, 0.717) is 0 Å². The highest BCUT2D eigenvalue weighted by Crippen LogP contribution is 2.20. The van der Waals surface area contributed by atoms with E-state index in [0.717, 1.165) is 5.69 Å². The molecule has 4 aromatic rings. The van der Waals surface area contributed by atoms with Crippen LogP contribution in [0.25, 0.3) is 0 Å². The first-order chi connectivity index (χ1) is 13.2. The molecule has 3 nitrogen and oxygen atoms in total. The number of aryl methyl sites for hydroxylation is 1. The standard InChI is InChI=1S/C23H23N3Si/c1-25-19-20(18-24-25)26(2)27(21-12-6-3-7-13-21,22-14-8-4-9-15-22)23-16-10-5-11-17-23/h3-19H,1-2H3. The smallest absolute Gasteiger partial charge is 0.253 e. The summed E-state index contributed by atoms with van der Waals surface area (Å²) in [5.74, 6) is 0. The van der Waals surface area contributed by atoms with E-state index in [-0.39, 0.29) is 0 Å². The second-order valence-electron chi connectivity index (χ2n) is 6.74. The summed E-state index contributed by atoms with van der Waals surface area (Å²) < 4.78 is 4.33. The molecule has 0 radical (unpaired) electrons. The Bertz CT molecular complexity index is 901. The summed E-state index contributed by atoms with van der Waals surface area (Å²) >= 11 is 0. The second kappa shape index (κ2) is 7.25. The molecule has 0 fully saturated rings. The Hall–Kier alpha value is -3.11. The van der Waals surface area contributed by atoms with Crippen molar-refractivity contribution >= 4 is 29.5 Å². The summed E-state index contributed by atoms with van der Waals surface area (Å²) in [5, 5.41) is 8.50. The van der Waals surface area contributed by atoms with E-state index in [4.69, 9.17) is 0 Å². The van der Waals surface area contributed by atoms with E-state index < -0.39 is 8.24 Å². The van der Waals surface area contributed by atoms with E-state index in [1.807, 2.05) is 17.9 Å². The largest absolute Gasteiger partial charge is 0.387 e. The average Bonchev–Trinajstić information content (AvgIpc) is 3.17. The highest BCUT2D eigenvalue weighted by atomic mass is 28.3. The number of nitrogens with zero attached hydrogens (tertiary/aromatic N) is 3. The van der Waals surface area contributed by atoms with Crippen LogP contribution in [0, 0.1) is 0 Å². The molecule has 4 heteroatoms. The Morgan fingerprint density at radius 3 is 1.44 bits per heavy atom. The van der Waals surface area contributed by atoms with Gasteiger partial charge in [0.05, 0.1) is 11.9 Å². The zero-order valence-electron chi connectivity index (χ0n) is 15.7. The summed E-state index contributed by atoms with van der Waals surface area (Å²) in [5.41, 5.74) is 1.13. The lowest BCUT2D eigenvalue weighted by Gasteiger charge is -2.42. The van der Waals surface area contributed by atoms with Crippen LogP contribution in [0.15, 0.2) is 103 Å². The van der Waals surface area contributed by atoms with Gasteiger partial charge < -0.3 is 4.57 Å². The molecule has 0 amide bonds. The van der Waals surface area contributed by atoms with Crippen molar-refractivity contribution in [3.63, 3.8) is 0 Å². The number of rotatable bonds is 5. The zero-order chi connectivity index (χ0) is 18.7. The second-order valence-corrected chi connectivity index (χ2v) is 10.6. The first-order valence-corrected chi connectivity index (χ1v) is 11.1. The maximum atomic E-state index is 4.43. The summed E-state index contributed by atoms with van der Waals surface area (Å²) in [6, 6.07) is 32.7. The van der Waals surface area contributed by atoms with Crippen LogP contribution in [-0.4, -0.2) is 25.1 Å². The van der Waals surface area contributed by atoms with Gasteiger partial charge in [-0.15, -0.1) is 0 Å². The van der Waals surface area contributed by atoms with Crippen LogP contribution in [0.1, 0.15) is 0 Å². The summed E-state index contributed by atoms with van der Waals surface area (Å²) in [6.07, 6.45) is 4.05. The van der Waals surface area contributed by atoms with Crippen molar-refractivity contribution in [2.75, 3.05) is 11.6 Å². The van der Waals surface area contributed by atoms with Gasteiger partial charge in [0.2, 0.25) is 0 Å². The van der Waals surface area contributed by atoms with Gasteiger partial charge in [0, 0.05) is 13.2 Å². The molecule has 0 aliphatic carbocycles. The van der Waals surface area contributed by atoms with E-state index >= 15 is 0 Å². The van der Waals surface area contributed by atoms with Crippen molar-refractivity contribution in [2.24, 2.45) is 7.05 Å². The molecule has 1 aromatic heterocycles. The summed E-state index contributed by atoms with van der Waals surface area (Å²) in [7, 11) is 1.70. The van der Waals surface area contributed by atoms with Crippen LogP contribution in [0.2, 0.25) is 0 Å². The summed E-state index contributed by atoms with van der Waals surface area (Å²) in [4.78, 5) is 0. The van der Waals surface area contributed by atoms with E-state index in [9.17, 15) is 0 Å². The highest BCUT2D eigenvalue weighted by molar-refractivity contribution is 7.13. The lowest BCUT2D eigenvalue weighted by Crippen LogP contribution is -2.76. The van der Waals surface area contributed by atoms with Crippen LogP contribution >= 0.6 is 0 Å². The molecule has 134 valence electrons. The molecular weight excluding hydrogens is 346 g/mol. The van der Waals surface area contributed by atoms with E-state index in [1.165, 1.54) is 15.6 Å². The molecule has 0 saturated heterocycles. The average molecular weight is 370 g/mol. The molecule has 0 spiro atoms. The molecule has 0 aliphatic rings. The van der Waals surface area contributed by atoms with Crippen molar-refractivity contribution in [1.29, 1.82) is 0 Å². The molecule has 4 rings (SSSR count). The molecule has 0 bridgehead atoms. The van der Waals surface area contributed by atoms with Gasteiger partial charge in [0.15, 0.2) is 0 Å². The monoisotopic (exact) mass is 369 g/mol. The molecule has 3 aromatic carbocycles. The lowest BCUT2D eigenvalue weighted by atomic mass is 10.3. The highest BCUT2D eigenvalue weighted by Gasteiger charge is 2.44. The van der Waals surface area contributed by atoms with Crippen LogP contribution in [-0.2, 0) is 7.05 Å². The van der Waals surface area contributed by atoms with Crippen molar-refractivity contribution in [3.05, 3.63) is 103 Å². The Kier molecular flexibility index (Phi) is 4.65. The van der Waals surface area contributed by atoms with Crippen LogP contribution in [0.3, 0.4) is 0 Å². The minimum Gasteiger partial charge on any atom is -0.387 e. The minimum atomic E-state index is -2.47. The predicted octanol–water partition coefficient (Wildman–Crippen LogP) is 2.52. The van der Waals surface area contributed by atoms with Gasteiger partial charge >= 0.3 is 0 Å². The van der Waals surface area contributed by atoms with Crippen molar-refractivity contribution in [1.82, 2.24) is 9.78 Å². The third kappa shape index (κ3) is 2.98. The van der Waals surface area contributed by atoms with E-state index in [2.05, 4.69) is 114 Å². The molecular formula is C23H23N3Si. The van der Waals surface area contributed by atoms with Crippen molar-refractivity contribution < 1.29 is 0 Å². The van der Waals surface area contributed by atoms with Gasteiger partial charge in [0.25, 0.3) is 8.24 Å². The molecule has 1 heterocycles. The number of anilines is 1. The predicted molar refractivity (Wildman–Crippen MR) is 116 cm³/mol. The lowest BCUT2D eigenvalue weighted by molar-refractivity contribution is 0.768. The molecule has 0 N–H and O–H groups in total. The van der Waals surface area contributed by atoms with Crippen LogP contribution in [0.5, 0.6) is 0 Å². The number of benzene rings is 3. The zero-order valence-corrected chi connectivity index (χ0v) is 16.7. The normalized spacial score (nSPS) is 11.3. The van der Waals surface area contributed by atoms with Gasteiger partial charge in [-0.25, -0.2) is 0 Å². The van der Waals surface area contributed by atoms with Gasteiger partial charge in [-0.05, 0) is 22.6 Å². The van der Waals surface area contributed by atoms with E-state index in [1.54, 1.807) is 0 Å². The Morgan fingerprint density at radius 1 is 0.704 bits per heavy atom. The van der Waals surface area contributed by atoms with Gasteiger partial charge in [-0.2, -0.15) is 5.10 Å². The van der Waals surface area contributed by atoms with Crippen molar-refractivity contribution in [2.45, 2.75) is 0 Å². The summed E-state index contributed by atoms with van der Waals surface area (Å²) in [6.45, 7) is 0. The fourth-order valence-corrected chi connectivity index (χ4v) is 8.58. The number of hydrogen-bond acceptors (Lipinski definition) is 2. The third-order valence-electron chi connectivity index (χ3n) is 5.16.